The Hall–Kier alpha value is -2.00. The maximum atomic E-state index is 11.4. The number of sulfonamides is 1. The number of alkyl carbamates (subject to hydrolysis) is 1. The van der Waals surface area contributed by atoms with E-state index < -0.39 is 21.7 Å². The van der Waals surface area contributed by atoms with Crippen molar-refractivity contribution in [2.45, 2.75) is 37.7 Å². The predicted octanol–water partition coefficient (Wildman–Crippen LogP) is 1.24. The molecule has 0 fully saturated rings. The minimum Gasteiger partial charge on any atom is -0.444 e. The van der Waals surface area contributed by atoms with Gasteiger partial charge in [0.1, 0.15) is 5.60 Å². The maximum absolute atomic E-state index is 11.4. The van der Waals surface area contributed by atoms with Crippen LogP contribution in [0.4, 0.5) is 16.2 Å². The summed E-state index contributed by atoms with van der Waals surface area (Å²) in [6.07, 6.45) is 0.150. The number of nitrogens with one attached hydrogen (secondary N) is 2. The molecule has 0 aromatic heterocycles. The Kier molecular flexibility index (Phi) is 6.22. The van der Waals surface area contributed by atoms with Gasteiger partial charge in [-0.15, -0.1) is 0 Å². The van der Waals surface area contributed by atoms with Gasteiger partial charge in [-0.3, -0.25) is 0 Å². The maximum Gasteiger partial charge on any atom is 0.407 e. The van der Waals surface area contributed by atoms with Crippen LogP contribution >= 0.6 is 0 Å². The summed E-state index contributed by atoms with van der Waals surface area (Å²) in [6, 6.07) is 4.31. The number of primary sulfonamides is 1. The summed E-state index contributed by atoms with van der Waals surface area (Å²) in [7, 11) is -3.81. The Morgan fingerprint density at radius 1 is 1.22 bits per heavy atom. The Morgan fingerprint density at radius 3 is 2.43 bits per heavy atom. The number of hydrogen-bond acceptors (Lipinski definition) is 6. The van der Waals surface area contributed by atoms with Crippen LogP contribution in [-0.2, 0) is 14.8 Å². The number of ether oxygens (including phenoxy) is 1. The fourth-order valence-electron chi connectivity index (χ4n) is 1.71. The van der Waals surface area contributed by atoms with Crippen LogP contribution in [0.5, 0.6) is 0 Å². The Morgan fingerprint density at radius 2 is 1.87 bits per heavy atom. The van der Waals surface area contributed by atoms with Gasteiger partial charge >= 0.3 is 6.09 Å². The summed E-state index contributed by atoms with van der Waals surface area (Å²) >= 11 is 0. The number of hydrogen-bond donors (Lipinski definition) is 4. The van der Waals surface area contributed by atoms with Gasteiger partial charge in [-0.1, -0.05) is 0 Å². The summed E-state index contributed by atoms with van der Waals surface area (Å²) in [5, 5.41) is 10.7. The van der Waals surface area contributed by atoms with Crippen molar-refractivity contribution in [3.8, 4) is 0 Å². The van der Waals surface area contributed by atoms with Gasteiger partial charge in [-0.2, -0.15) is 0 Å². The molecule has 0 aliphatic heterocycles. The highest BCUT2D eigenvalue weighted by Crippen LogP contribution is 2.19. The van der Waals surface area contributed by atoms with Gasteiger partial charge in [0.05, 0.1) is 4.90 Å². The van der Waals surface area contributed by atoms with Crippen LogP contribution in [0.1, 0.15) is 27.2 Å². The van der Waals surface area contributed by atoms with Crippen molar-refractivity contribution in [3.63, 3.8) is 0 Å². The first-order valence-corrected chi connectivity index (χ1v) is 8.66. The van der Waals surface area contributed by atoms with Crippen LogP contribution < -0.4 is 21.5 Å². The number of carbonyl (C=O) groups is 1. The average molecular weight is 344 g/mol. The van der Waals surface area contributed by atoms with E-state index in [0.29, 0.717) is 30.9 Å². The molecule has 1 aromatic carbocycles. The minimum absolute atomic E-state index is 0.0492. The largest absolute Gasteiger partial charge is 0.444 e. The molecule has 0 aliphatic rings. The first kappa shape index (κ1) is 19.0. The molecule has 0 radical (unpaired) electrons. The van der Waals surface area contributed by atoms with Crippen LogP contribution in [-0.4, -0.2) is 33.2 Å². The number of anilines is 2. The smallest absolute Gasteiger partial charge is 0.407 e. The third-order valence-corrected chi connectivity index (χ3v) is 3.50. The molecule has 23 heavy (non-hydrogen) atoms. The van der Waals surface area contributed by atoms with Crippen LogP contribution in [0.15, 0.2) is 23.1 Å². The van der Waals surface area contributed by atoms with Crippen molar-refractivity contribution >= 4 is 27.5 Å². The second-order valence-electron chi connectivity index (χ2n) is 6.04. The zero-order valence-electron chi connectivity index (χ0n) is 13.5. The molecule has 8 nitrogen and oxygen atoms in total. The van der Waals surface area contributed by atoms with Crippen molar-refractivity contribution in [2.24, 2.45) is 5.14 Å². The molecule has 0 atom stereocenters. The van der Waals surface area contributed by atoms with Gasteiger partial charge in [0.2, 0.25) is 10.0 Å². The third kappa shape index (κ3) is 7.71. The van der Waals surface area contributed by atoms with E-state index in [1.54, 1.807) is 26.8 Å². The quantitative estimate of drug-likeness (QED) is 0.453. The topological polar surface area (TPSA) is 137 Å². The van der Waals surface area contributed by atoms with Gasteiger partial charge in [0.15, 0.2) is 0 Å². The number of rotatable bonds is 6. The first-order valence-electron chi connectivity index (χ1n) is 7.11. The fraction of sp³-hybridized carbons (Fsp3) is 0.500. The van der Waals surface area contributed by atoms with Gasteiger partial charge in [0, 0.05) is 24.5 Å². The van der Waals surface area contributed by atoms with Crippen molar-refractivity contribution < 1.29 is 17.9 Å². The lowest BCUT2D eigenvalue weighted by Crippen LogP contribution is -2.33. The summed E-state index contributed by atoms with van der Waals surface area (Å²) in [5.74, 6) is 0. The summed E-state index contributed by atoms with van der Waals surface area (Å²) in [5.41, 5.74) is 5.96. The van der Waals surface area contributed by atoms with E-state index in [1.807, 2.05) is 0 Å². The monoisotopic (exact) mass is 344 g/mol. The van der Waals surface area contributed by atoms with Crippen molar-refractivity contribution in [1.82, 2.24) is 5.32 Å². The SMILES string of the molecule is CC(C)(C)OC(=O)NCCCNc1cc(N)cc(S(N)(=O)=O)c1. The molecule has 0 bridgehead atoms. The van der Waals surface area contributed by atoms with Crippen molar-refractivity contribution in [3.05, 3.63) is 18.2 Å². The molecule has 0 saturated carbocycles. The van der Waals surface area contributed by atoms with Crippen LogP contribution in [0.25, 0.3) is 0 Å². The van der Waals surface area contributed by atoms with E-state index >= 15 is 0 Å². The van der Waals surface area contributed by atoms with Gasteiger partial charge < -0.3 is 21.1 Å². The molecule has 1 rings (SSSR count). The number of benzene rings is 1. The highest BCUT2D eigenvalue weighted by atomic mass is 32.2. The van der Waals surface area contributed by atoms with E-state index in [2.05, 4.69) is 10.6 Å². The van der Waals surface area contributed by atoms with E-state index in [4.69, 9.17) is 15.6 Å². The fourth-order valence-corrected chi connectivity index (χ4v) is 2.31. The van der Waals surface area contributed by atoms with E-state index in [1.165, 1.54) is 12.1 Å². The van der Waals surface area contributed by atoms with Gasteiger partial charge in [0.25, 0.3) is 0 Å². The molecule has 1 amide bonds. The van der Waals surface area contributed by atoms with E-state index in [0.717, 1.165) is 0 Å². The Balaban J connectivity index is 2.42. The van der Waals surface area contributed by atoms with Gasteiger partial charge in [-0.05, 0) is 45.4 Å². The van der Waals surface area contributed by atoms with Gasteiger partial charge in [-0.25, -0.2) is 18.4 Å². The first-order chi connectivity index (χ1) is 10.5. The molecule has 0 heterocycles. The van der Waals surface area contributed by atoms with E-state index in [-0.39, 0.29) is 4.90 Å². The predicted molar refractivity (Wildman–Crippen MR) is 89.6 cm³/mol. The molecule has 1 aromatic rings. The second kappa shape index (κ2) is 7.51. The number of carbonyl (C=O) groups excluding carboxylic acids is 1. The molecular weight excluding hydrogens is 320 g/mol. The molecule has 6 N–H and O–H groups in total. The molecule has 130 valence electrons. The summed E-state index contributed by atoms with van der Waals surface area (Å²) < 4.78 is 27.8. The molecule has 0 unspecified atom stereocenters. The lowest BCUT2D eigenvalue weighted by Gasteiger charge is -2.19. The number of nitrogen functional groups attached to an aromatic ring is 1. The Labute approximate surface area is 136 Å². The van der Waals surface area contributed by atoms with E-state index in [9.17, 15) is 13.2 Å². The number of amides is 1. The third-order valence-electron chi connectivity index (χ3n) is 2.61. The standard InChI is InChI=1S/C14H24N4O4S/c1-14(2,3)22-13(19)18-6-4-5-17-11-7-10(15)8-12(9-11)23(16,20)21/h7-9,17H,4-6,15H2,1-3H3,(H,18,19)(H2,16,20,21). The molecular formula is C14H24N4O4S. The minimum atomic E-state index is -3.81. The van der Waals surface area contributed by atoms with Crippen LogP contribution in [0, 0.1) is 0 Å². The zero-order valence-corrected chi connectivity index (χ0v) is 14.4. The highest BCUT2D eigenvalue weighted by molar-refractivity contribution is 7.89. The Bertz CT molecular complexity index is 653. The van der Waals surface area contributed by atoms with Crippen molar-refractivity contribution in [2.75, 3.05) is 24.1 Å². The van der Waals surface area contributed by atoms with Crippen LogP contribution in [0.2, 0.25) is 0 Å². The summed E-state index contributed by atoms with van der Waals surface area (Å²) in [4.78, 5) is 11.4. The average Bonchev–Trinajstić information content (AvgIpc) is 2.34. The lowest BCUT2D eigenvalue weighted by atomic mass is 10.2. The highest BCUT2D eigenvalue weighted by Gasteiger charge is 2.15. The molecule has 0 aliphatic carbocycles. The second-order valence-corrected chi connectivity index (χ2v) is 7.61. The van der Waals surface area contributed by atoms with Crippen LogP contribution in [0.3, 0.4) is 0 Å². The summed E-state index contributed by atoms with van der Waals surface area (Å²) in [6.45, 7) is 6.31. The molecule has 0 saturated heterocycles. The zero-order chi connectivity index (χ0) is 17.7. The molecule has 0 spiro atoms. The lowest BCUT2D eigenvalue weighted by molar-refractivity contribution is 0.0528. The normalized spacial score (nSPS) is 11.8. The number of nitrogens with two attached hydrogens (primary N) is 2. The molecule has 9 heteroatoms. The van der Waals surface area contributed by atoms with Crippen molar-refractivity contribution in [1.29, 1.82) is 0 Å².